The molecule has 0 fully saturated rings. The standard InChI is InChI=1S/C26H28N2OS/c1-20-17-18-28(23-15-9-10-16-24(23)30-20)25(29)19-27(2)26(21-11-5-3-6-12-21)22-13-7-4-8-14-22/h3-16,20,26H,17-19H2,1-2H3/t20-/m1/s1. The van der Waals surface area contributed by atoms with Crippen LogP contribution in [0.15, 0.2) is 89.8 Å². The lowest BCUT2D eigenvalue weighted by molar-refractivity contribution is -0.119. The number of para-hydroxylation sites is 1. The van der Waals surface area contributed by atoms with Gasteiger partial charge in [-0.3, -0.25) is 9.69 Å². The number of likely N-dealkylation sites (N-methyl/N-ethyl adjacent to an activating group) is 1. The second kappa shape index (κ2) is 9.50. The summed E-state index contributed by atoms with van der Waals surface area (Å²) in [6, 6.07) is 29.2. The van der Waals surface area contributed by atoms with Crippen LogP contribution in [0.1, 0.15) is 30.5 Å². The van der Waals surface area contributed by atoms with Crippen LogP contribution in [0, 0.1) is 0 Å². The maximum Gasteiger partial charge on any atom is 0.241 e. The van der Waals surface area contributed by atoms with E-state index in [1.54, 1.807) is 0 Å². The first-order valence-corrected chi connectivity index (χ1v) is 11.4. The van der Waals surface area contributed by atoms with Crippen LogP contribution in [0.25, 0.3) is 0 Å². The first kappa shape index (κ1) is 20.7. The van der Waals surface area contributed by atoms with Crippen LogP contribution in [0.2, 0.25) is 0 Å². The minimum Gasteiger partial charge on any atom is -0.310 e. The smallest absolute Gasteiger partial charge is 0.241 e. The topological polar surface area (TPSA) is 23.6 Å². The molecule has 0 saturated carbocycles. The van der Waals surface area contributed by atoms with Crippen molar-refractivity contribution in [1.29, 1.82) is 0 Å². The van der Waals surface area contributed by atoms with Crippen LogP contribution in [-0.2, 0) is 4.79 Å². The molecule has 4 rings (SSSR count). The Bertz CT molecular complexity index is 937. The Hall–Kier alpha value is -2.56. The van der Waals surface area contributed by atoms with Gasteiger partial charge >= 0.3 is 0 Å². The summed E-state index contributed by atoms with van der Waals surface area (Å²) in [5.41, 5.74) is 3.43. The molecular weight excluding hydrogens is 388 g/mol. The molecule has 4 heteroatoms. The quantitative estimate of drug-likeness (QED) is 0.539. The monoisotopic (exact) mass is 416 g/mol. The molecule has 3 aromatic rings. The van der Waals surface area contributed by atoms with Crippen molar-refractivity contribution in [3.8, 4) is 0 Å². The van der Waals surface area contributed by atoms with Crippen molar-refractivity contribution in [1.82, 2.24) is 4.90 Å². The molecule has 0 unspecified atom stereocenters. The zero-order valence-electron chi connectivity index (χ0n) is 17.6. The molecule has 0 bridgehead atoms. The van der Waals surface area contributed by atoms with E-state index in [1.807, 2.05) is 41.9 Å². The largest absolute Gasteiger partial charge is 0.310 e. The van der Waals surface area contributed by atoms with Gasteiger partial charge in [-0.05, 0) is 36.7 Å². The van der Waals surface area contributed by atoms with Crippen molar-refractivity contribution in [2.75, 3.05) is 25.0 Å². The third-order valence-electron chi connectivity index (χ3n) is 5.60. The van der Waals surface area contributed by atoms with Gasteiger partial charge in [0.2, 0.25) is 5.91 Å². The van der Waals surface area contributed by atoms with Crippen molar-refractivity contribution in [3.63, 3.8) is 0 Å². The second-order valence-corrected chi connectivity index (χ2v) is 9.35. The van der Waals surface area contributed by atoms with E-state index >= 15 is 0 Å². The number of thioether (sulfide) groups is 1. The highest BCUT2D eigenvalue weighted by Gasteiger charge is 2.27. The SMILES string of the molecule is C[C@@H]1CCN(C(=O)CN(C)C(c2ccccc2)c2ccccc2)c2ccccc2S1. The van der Waals surface area contributed by atoms with Gasteiger partial charge in [-0.25, -0.2) is 0 Å². The number of hydrogen-bond acceptors (Lipinski definition) is 3. The number of amides is 1. The number of anilines is 1. The number of carbonyl (C=O) groups is 1. The maximum atomic E-state index is 13.5. The van der Waals surface area contributed by atoms with Crippen molar-refractivity contribution < 1.29 is 4.79 Å². The number of rotatable bonds is 5. The minimum absolute atomic E-state index is 0.0341. The van der Waals surface area contributed by atoms with E-state index in [4.69, 9.17) is 0 Å². The molecule has 1 heterocycles. The van der Waals surface area contributed by atoms with E-state index < -0.39 is 0 Å². The van der Waals surface area contributed by atoms with E-state index in [0.717, 1.165) is 18.7 Å². The average molecular weight is 417 g/mol. The second-order valence-electron chi connectivity index (χ2n) is 7.87. The Kier molecular flexibility index (Phi) is 6.56. The van der Waals surface area contributed by atoms with Crippen molar-refractivity contribution >= 4 is 23.4 Å². The van der Waals surface area contributed by atoms with E-state index in [2.05, 4.69) is 78.6 Å². The molecule has 0 aliphatic carbocycles. The highest BCUT2D eigenvalue weighted by molar-refractivity contribution is 8.00. The highest BCUT2D eigenvalue weighted by Crippen LogP contribution is 2.37. The van der Waals surface area contributed by atoms with E-state index in [-0.39, 0.29) is 11.9 Å². The van der Waals surface area contributed by atoms with Gasteiger partial charge in [0.05, 0.1) is 18.3 Å². The summed E-state index contributed by atoms with van der Waals surface area (Å²) in [6.45, 7) is 3.36. The molecule has 3 nitrogen and oxygen atoms in total. The van der Waals surface area contributed by atoms with Crippen LogP contribution in [0.5, 0.6) is 0 Å². The van der Waals surface area contributed by atoms with Crippen LogP contribution >= 0.6 is 11.8 Å². The number of hydrogen-bond donors (Lipinski definition) is 0. The first-order valence-electron chi connectivity index (χ1n) is 10.5. The van der Waals surface area contributed by atoms with Crippen molar-refractivity contribution in [2.24, 2.45) is 0 Å². The third kappa shape index (κ3) is 4.61. The Morgan fingerprint density at radius 3 is 2.17 bits per heavy atom. The van der Waals surface area contributed by atoms with Gasteiger partial charge in [-0.15, -0.1) is 11.8 Å². The molecule has 30 heavy (non-hydrogen) atoms. The molecule has 1 atom stereocenters. The average Bonchev–Trinajstić information content (AvgIpc) is 2.93. The number of benzene rings is 3. The fourth-order valence-corrected chi connectivity index (χ4v) is 5.22. The fourth-order valence-electron chi connectivity index (χ4n) is 4.11. The number of carbonyl (C=O) groups excluding carboxylic acids is 1. The molecular formula is C26H28N2OS. The minimum atomic E-state index is 0.0341. The lowest BCUT2D eigenvalue weighted by Crippen LogP contribution is -2.41. The fraction of sp³-hybridized carbons (Fsp3) is 0.269. The van der Waals surface area contributed by atoms with Gasteiger partial charge in [0.25, 0.3) is 0 Å². The molecule has 154 valence electrons. The van der Waals surface area contributed by atoms with Gasteiger partial charge in [0.15, 0.2) is 0 Å². The van der Waals surface area contributed by atoms with Gasteiger partial charge in [-0.1, -0.05) is 79.7 Å². The van der Waals surface area contributed by atoms with Crippen molar-refractivity contribution in [2.45, 2.75) is 29.5 Å². The molecule has 0 saturated heterocycles. The molecule has 1 amide bonds. The van der Waals surface area contributed by atoms with Gasteiger partial charge in [-0.2, -0.15) is 0 Å². The molecule has 0 aromatic heterocycles. The molecule has 3 aromatic carbocycles. The zero-order chi connectivity index (χ0) is 20.9. The third-order valence-corrected chi connectivity index (χ3v) is 6.84. The Morgan fingerprint density at radius 2 is 1.53 bits per heavy atom. The normalized spacial score (nSPS) is 16.4. The summed E-state index contributed by atoms with van der Waals surface area (Å²) in [4.78, 5) is 18.8. The van der Waals surface area contributed by atoms with Crippen LogP contribution in [0.3, 0.4) is 0 Å². The number of nitrogens with zero attached hydrogens (tertiary/aromatic N) is 2. The van der Waals surface area contributed by atoms with Crippen LogP contribution in [-0.4, -0.2) is 36.2 Å². The Morgan fingerprint density at radius 1 is 0.967 bits per heavy atom. The first-order chi connectivity index (χ1) is 14.6. The predicted octanol–water partition coefficient (Wildman–Crippen LogP) is 5.63. The predicted molar refractivity (Wildman–Crippen MR) is 126 cm³/mol. The van der Waals surface area contributed by atoms with E-state index in [1.165, 1.54) is 16.0 Å². The van der Waals surface area contributed by atoms with E-state index in [0.29, 0.717) is 11.8 Å². The van der Waals surface area contributed by atoms with Crippen molar-refractivity contribution in [3.05, 3.63) is 96.1 Å². The molecule has 1 aliphatic heterocycles. The van der Waals surface area contributed by atoms with Gasteiger partial charge in [0.1, 0.15) is 0 Å². The molecule has 0 radical (unpaired) electrons. The maximum absolute atomic E-state index is 13.5. The molecule has 0 N–H and O–H groups in total. The summed E-state index contributed by atoms with van der Waals surface area (Å²) < 4.78 is 0. The lowest BCUT2D eigenvalue weighted by Gasteiger charge is -2.31. The summed E-state index contributed by atoms with van der Waals surface area (Å²) in [5.74, 6) is 0.150. The van der Waals surface area contributed by atoms with Gasteiger partial charge in [0, 0.05) is 16.7 Å². The van der Waals surface area contributed by atoms with Gasteiger partial charge < -0.3 is 4.90 Å². The number of fused-ring (bicyclic) bond motifs is 1. The zero-order valence-corrected chi connectivity index (χ0v) is 18.4. The highest BCUT2D eigenvalue weighted by atomic mass is 32.2. The Labute approximate surface area is 183 Å². The summed E-state index contributed by atoms with van der Waals surface area (Å²) >= 11 is 1.87. The Balaban J connectivity index is 1.60. The summed E-state index contributed by atoms with van der Waals surface area (Å²) in [7, 11) is 2.05. The summed E-state index contributed by atoms with van der Waals surface area (Å²) in [6.07, 6.45) is 0.996. The molecule has 0 spiro atoms. The van der Waals surface area contributed by atoms with E-state index in [9.17, 15) is 4.79 Å². The van der Waals surface area contributed by atoms with Crippen LogP contribution < -0.4 is 4.90 Å². The lowest BCUT2D eigenvalue weighted by atomic mass is 9.97. The summed E-state index contributed by atoms with van der Waals surface area (Å²) in [5, 5.41) is 0.503. The molecule has 1 aliphatic rings. The van der Waals surface area contributed by atoms with Crippen LogP contribution in [0.4, 0.5) is 5.69 Å².